The summed E-state index contributed by atoms with van der Waals surface area (Å²) in [7, 11) is 0. The van der Waals surface area contributed by atoms with Crippen LogP contribution in [0.4, 0.5) is 0 Å². The molecule has 1 aliphatic heterocycles. The van der Waals surface area contributed by atoms with Crippen LogP contribution in [0.1, 0.15) is 28.2 Å². The number of amides is 2. The fourth-order valence-electron chi connectivity index (χ4n) is 2.98. The molecule has 2 aromatic heterocycles. The Labute approximate surface area is 140 Å². The first-order chi connectivity index (χ1) is 11.5. The van der Waals surface area contributed by atoms with Gasteiger partial charge in [0.15, 0.2) is 0 Å². The van der Waals surface area contributed by atoms with E-state index in [1.165, 1.54) is 6.20 Å². The minimum atomic E-state index is -0.0448. The number of aryl methyl sites for hydroxylation is 2. The average molecular weight is 330 g/mol. The van der Waals surface area contributed by atoms with Crippen LogP contribution in [-0.4, -0.2) is 67.8 Å². The van der Waals surface area contributed by atoms with Gasteiger partial charge in [0.05, 0.1) is 17.5 Å². The summed E-state index contributed by atoms with van der Waals surface area (Å²) in [5.41, 5.74) is 2.44. The molecule has 8 nitrogen and oxygen atoms in total. The van der Waals surface area contributed by atoms with Gasteiger partial charge in [-0.05, 0) is 26.3 Å². The van der Waals surface area contributed by atoms with Gasteiger partial charge >= 0.3 is 0 Å². The number of hydrogen-bond acceptors (Lipinski definition) is 4. The van der Waals surface area contributed by atoms with E-state index < -0.39 is 0 Å². The predicted octanol–water partition coefficient (Wildman–Crippen LogP) is 0.598. The van der Waals surface area contributed by atoms with E-state index in [0.717, 1.165) is 17.8 Å². The highest BCUT2D eigenvalue weighted by Crippen LogP contribution is 2.10. The summed E-state index contributed by atoms with van der Waals surface area (Å²) in [5.74, 6) is -0.00426. The summed E-state index contributed by atoms with van der Waals surface area (Å²) in [6, 6.07) is 1.96. The second kappa shape index (κ2) is 6.86. The Morgan fingerprint density at radius 2 is 1.92 bits per heavy atom. The summed E-state index contributed by atoms with van der Waals surface area (Å²) < 4.78 is 1.73. The van der Waals surface area contributed by atoms with Crippen LogP contribution in [0.3, 0.4) is 0 Å². The molecule has 0 aromatic carbocycles. The maximum Gasteiger partial charge on any atom is 0.257 e. The van der Waals surface area contributed by atoms with Gasteiger partial charge in [-0.25, -0.2) is 0 Å². The first-order valence-electron chi connectivity index (χ1n) is 8.11. The minimum Gasteiger partial charge on any atom is -0.339 e. The van der Waals surface area contributed by atoms with Crippen molar-refractivity contribution >= 4 is 11.8 Å². The van der Waals surface area contributed by atoms with Crippen LogP contribution < -0.4 is 0 Å². The topological polar surface area (TPSA) is 87.1 Å². The Morgan fingerprint density at radius 1 is 1.17 bits per heavy atom. The van der Waals surface area contributed by atoms with Crippen molar-refractivity contribution in [2.45, 2.75) is 26.8 Å². The number of nitrogens with one attached hydrogen (secondary N) is 1. The van der Waals surface area contributed by atoms with E-state index in [9.17, 15) is 9.59 Å². The number of H-pyrrole nitrogens is 1. The Balaban J connectivity index is 1.60. The molecular weight excluding hydrogens is 308 g/mol. The molecule has 3 heterocycles. The van der Waals surface area contributed by atoms with Crippen molar-refractivity contribution in [3.63, 3.8) is 0 Å². The summed E-state index contributed by atoms with van der Waals surface area (Å²) in [5, 5.41) is 10.8. The second-order valence-electron chi connectivity index (χ2n) is 6.10. The Kier molecular flexibility index (Phi) is 4.64. The van der Waals surface area contributed by atoms with E-state index >= 15 is 0 Å². The Bertz CT molecular complexity index is 721. The number of rotatable bonds is 3. The Hall–Kier alpha value is -2.64. The van der Waals surface area contributed by atoms with E-state index in [4.69, 9.17) is 0 Å². The largest absolute Gasteiger partial charge is 0.339 e. The smallest absolute Gasteiger partial charge is 0.257 e. The third kappa shape index (κ3) is 3.47. The van der Waals surface area contributed by atoms with Crippen LogP contribution in [0.2, 0.25) is 0 Å². The molecule has 1 saturated heterocycles. The lowest BCUT2D eigenvalue weighted by molar-refractivity contribution is -0.131. The molecule has 0 atom stereocenters. The normalized spacial score (nSPS) is 15.4. The third-order valence-corrected chi connectivity index (χ3v) is 4.27. The predicted molar refractivity (Wildman–Crippen MR) is 87.4 cm³/mol. The lowest BCUT2D eigenvalue weighted by atomic mass is 10.3. The van der Waals surface area contributed by atoms with Gasteiger partial charge in [0.2, 0.25) is 5.91 Å². The van der Waals surface area contributed by atoms with Crippen LogP contribution in [0, 0.1) is 13.8 Å². The molecule has 0 radical (unpaired) electrons. The number of aromatic nitrogens is 4. The number of carbonyl (C=O) groups excluding carboxylic acids is 2. The van der Waals surface area contributed by atoms with Crippen molar-refractivity contribution in [3.05, 3.63) is 35.4 Å². The number of nitrogens with zero attached hydrogens (tertiary/aromatic N) is 5. The SMILES string of the molecule is Cc1cc(C)n(CC(=O)N2CCCN(C(=O)c3cn[nH]c3)CC2)n1. The van der Waals surface area contributed by atoms with E-state index in [0.29, 0.717) is 31.7 Å². The van der Waals surface area contributed by atoms with E-state index in [2.05, 4.69) is 15.3 Å². The zero-order chi connectivity index (χ0) is 17.1. The van der Waals surface area contributed by atoms with E-state index in [1.54, 1.807) is 15.8 Å². The van der Waals surface area contributed by atoms with Gasteiger partial charge in [-0.2, -0.15) is 10.2 Å². The molecule has 1 aliphatic rings. The maximum atomic E-state index is 12.5. The van der Waals surface area contributed by atoms with Crippen molar-refractivity contribution in [3.8, 4) is 0 Å². The van der Waals surface area contributed by atoms with Crippen molar-refractivity contribution < 1.29 is 9.59 Å². The highest BCUT2D eigenvalue weighted by atomic mass is 16.2. The monoisotopic (exact) mass is 330 g/mol. The Morgan fingerprint density at radius 3 is 2.58 bits per heavy atom. The third-order valence-electron chi connectivity index (χ3n) is 4.27. The quantitative estimate of drug-likeness (QED) is 0.893. The molecule has 0 saturated carbocycles. The number of carbonyl (C=O) groups is 2. The van der Waals surface area contributed by atoms with Crippen LogP contribution in [0.25, 0.3) is 0 Å². The summed E-state index contributed by atoms with van der Waals surface area (Å²) in [4.78, 5) is 28.5. The zero-order valence-corrected chi connectivity index (χ0v) is 14.0. The van der Waals surface area contributed by atoms with E-state index in [1.807, 2.05) is 24.8 Å². The molecular formula is C16H22N6O2. The molecule has 8 heteroatoms. The number of hydrogen-bond donors (Lipinski definition) is 1. The van der Waals surface area contributed by atoms with Crippen molar-refractivity contribution in [1.29, 1.82) is 0 Å². The van der Waals surface area contributed by atoms with Crippen molar-refractivity contribution in [2.75, 3.05) is 26.2 Å². The first kappa shape index (κ1) is 16.2. The lowest BCUT2D eigenvalue weighted by Crippen LogP contribution is -2.38. The fraction of sp³-hybridized carbons (Fsp3) is 0.500. The minimum absolute atomic E-state index is 0.0406. The molecule has 0 aliphatic carbocycles. The summed E-state index contributed by atoms with van der Waals surface area (Å²) in [6.07, 6.45) is 3.89. The highest BCUT2D eigenvalue weighted by Gasteiger charge is 2.23. The number of aromatic amines is 1. The van der Waals surface area contributed by atoms with Gasteiger partial charge in [-0.15, -0.1) is 0 Å². The average Bonchev–Trinajstić information content (AvgIpc) is 3.10. The summed E-state index contributed by atoms with van der Waals surface area (Å²) >= 11 is 0. The molecule has 3 rings (SSSR count). The molecule has 2 amide bonds. The maximum absolute atomic E-state index is 12.5. The van der Waals surface area contributed by atoms with E-state index in [-0.39, 0.29) is 18.4 Å². The molecule has 1 N–H and O–H groups in total. The standard InChI is InChI=1S/C16H22N6O2/c1-12-8-13(2)22(19-12)11-15(23)20-4-3-5-21(7-6-20)16(24)14-9-17-18-10-14/h8-10H,3-7,11H2,1-2H3,(H,17,18). The fourth-order valence-corrected chi connectivity index (χ4v) is 2.98. The van der Waals surface area contributed by atoms with Crippen molar-refractivity contribution in [2.24, 2.45) is 0 Å². The lowest BCUT2D eigenvalue weighted by Gasteiger charge is -2.22. The van der Waals surface area contributed by atoms with Crippen LogP contribution in [0.5, 0.6) is 0 Å². The first-order valence-corrected chi connectivity index (χ1v) is 8.11. The summed E-state index contributed by atoms with van der Waals surface area (Å²) in [6.45, 7) is 6.49. The zero-order valence-electron chi connectivity index (χ0n) is 14.0. The van der Waals surface area contributed by atoms with Crippen LogP contribution >= 0.6 is 0 Å². The molecule has 1 fully saturated rings. The molecule has 24 heavy (non-hydrogen) atoms. The second-order valence-corrected chi connectivity index (χ2v) is 6.10. The van der Waals surface area contributed by atoms with Crippen LogP contribution in [0.15, 0.2) is 18.5 Å². The van der Waals surface area contributed by atoms with Gasteiger partial charge < -0.3 is 9.80 Å². The van der Waals surface area contributed by atoms with Gasteiger partial charge in [0, 0.05) is 38.1 Å². The highest BCUT2D eigenvalue weighted by molar-refractivity contribution is 5.93. The van der Waals surface area contributed by atoms with Crippen molar-refractivity contribution in [1.82, 2.24) is 29.8 Å². The van der Waals surface area contributed by atoms with Gasteiger partial charge in [0.25, 0.3) is 5.91 Å². The molecule has 2 aromatic rings. The van der Waals surface area contributed by atoms with Crippen LogP contribution in [-0.2, 0) is 11.3 Å². The van der Waals surface area contributed by atoms with Gasteiger partial charge in [-0.3, -0.25) is 19.4 Å². The van der Waals surface area contributed by atoms with Gasteiger partial charge in [-0.1, -0.05) is 0 Å². The van der Waals surface area contributed by atoms with Gasteiger partial charge in [0.1, 0.15) is 6.54 Å². The molecule has 0 bridgehead atoms. The molecule has 128 valence electrons. The molecule has 0 spiro atoms. The molecule has 0 unspecified atom stereocenters.